The van der Waals surface area contributed by atoms with Crippen LogP contribution in [0.15, 0.2) is 24.3 Å². The molecule has 1 amide bonds. The molecule has 0 aliphatic rings. The molecule has 0 bridgehead atoms. The minimum absolute atomic E-state index is 0.135. The van der Waals surface area contributed by atoms with E-state index in [1.165, 1.54) is 17.0 Å². The van der Waals surface area contributed by atoms with Gasteiger partial charge in [-0.15, -0.1) is 5.10 Å². The number of rotatable bonds is 4. The summed E-state index contributed by atoms with van der Waals surface area (Å²) < 4.78 is 13.1. The second-order valence-corrected chi connectivity index (χ2v) is 4.25. The molecule has 0 unspecified atom stereocenters. The Labute approximate surface area is 110 Å². The van der Waals surface area contributed by atoms with Crippen LogP contribution in [-0.4, -0.2) is 33.0 Å². The van der Waals surface area contributed by atoms with Crippen molar-refractivity contribution >= 4 is 5.91 Å². The van der Waals surface area contributed by atoms with E-state index in [0.717, 1.165) is 5.56 Å². The van der Waals surface area contributed by atoms with Gasteiger partial charge >= 0.3 is 0 Å². The van der Waals surface area contributed by atoms with Gasteiger partial charge in [-0.2, -0.15) is 0 Å². The van der Waals surface area contributed by atoms with Crippen LogP contribution in [0.3, 0.4) is 0 Å². The van der Waals surface area contributed by atoms with Crippen LogP contribution in [0, 0.1) is 5.82 Å². The van der Waals surface area contributed by atoms with Crippen LogP contribution in [0.25, 0.3) is 0 Å². The number of hydrogen-bond donors (Lipinski definition) is 1. The topological polar surface area (TPSA) is 61.9 Å². The Morgan fingerprint density at radius 2 is 2.26 bits per heavy atom. The molecule has 0 fully saturated rings. The SMILES string of the molecule is CCc1nc(C(=O)N(C)Cc2cccc(F)c2)n[nH]1. The van der Waals surface area contributed by atoms with Crippen LogP contribution in [-0.2, 0) is 13.0 Å². The lowest BCUT2D eigenvalue weighted by atomic mass is 10.2. The van der Waals surface area contributed by atoms with Crippen molar-refractivity contribution in [1.29, 1.82) is 0 Å². The number of nitrogens with one attached hydrogen (secondary N) is 1. The fourth-order valence-corrected chi connectivity index (χ4v) is 1.70. The van der Waals surface area contributed by atoms with Crippen LogP contribution in [0.4, 0.5) is 4.39 Å². The van der Waals surface area contributed by atoms with Gasteiger partial charge in [-0.25, -0.2) is 9.37 Å². The molecular formula is C13H15FN4O. The average molecular weight is 262 g/mol. The van der Waals surface area contributed by atoms with Gasteiger partial charge in [0.25, 0.3) is 5.91 Å². The molecule has 6 heteroatoms. The highest BCUT2D eigenvalue weighted by Crippen LogP contribution is 2.08. The highest BCUT2D eigenvalue weighted by atomic mass is 19.1. The number of aromatic amines is 1. The van der Waals surface area contributed by atoms with E-state index in [1.54, 1.807) is 19.2 Å². The lowest BCUT2D eigenvalue weighted by Crippen LogP contribution is -2.27. The monoisotopic (exact) mass is 262 g/mol. The molecular weight excluding hydrogens is 247 g/mol. The molecule has 19 heavy (non-hydrogen) atoms. The Bertz CT molecular complexity index is 582. The van der Waals surface area contributed by atoms with E-state index < -0.39 is 0 Å². The first-order valence-corrected chi connectivity index (χ1v) is 6.01. The van der Waals surface area contributed by atoms with E-state index in [-0.39, 0.29) is 17.5 Å². The van der Waals surface area contributed by atoms with E-state index in [2.05, 4.69) is 15.2 Å². The molecule has 0 atom stereocenters. The minimum Gasteiger partial charge on any atom is -0.335 e. The summed E-state index contributed by atoms with van der Waals surface area (Å²) in [6.07, 6.45) is 0.688. The number of halogens is 1. The molecule has 1 heterocycles. The maximum atomic E-state index is 13.1. The Balaban J connectivity index is 2.07. The molecule has 0 aliphatic heterocycles. The number of amides is 1. The van der Waals surface area contributed by atoms with Gasteiger partial charge in [0.05, 0.1) is 0 Å². The molecule has 1 aromatic heterocycles. The second-order valence-electron chi connectivity index (χ2n) is 4.25. The highest BCUT2D eigenvalue weighted by molar-refractivity contribution is 5.90. The van der Waals surface area contributed by atoms with E-state index in [1.807, 2.05) is 6.92 Å². The number of carbonyl (C=O) groups is 1. The minimum atomic E-state index is -0.315. The van der Waals surface area contributed by atoms with Gasteiger partial charge in [-0.3, -0.25) is 9.89 Å². The van der Waals surface area contributed by atoms with Crippen molar-refractivity contribution in [2.24, 2.45) is 0 Å². The van der Waals surface area contributed by atoms with Gasteiger partial charge in [0.15, 0.2) is 0 Å². The summed E-state index contributed by atoms with van der Waals surface area (Å²) in [7, 11) is 1.63. The predicted molar refractivity (Wildman–Crippen MR) is 68.0 cm³/mol. The maximum absolute atomic E-state index is 13.1. The molecule has 2 rings (SSSR count). The van der Waals surface area contributed by atoms with Gasteiger partial charge in [0.1, 0.15) is 11.6 Å². The molecule has 100 valence electrons. The average Bonchev–Trinajstić information content (AvgIpc) is 2.86. The molecule has 2 aromatic rings. The predicted octanol–water partition coefficient (Wildman–Crippen LogP) is 1.78. The van der Waals surface area contributed by atoms with E-state index in [0.29, 0.717) is 18.8 Å². The third-order valence-electron chi connectivity index (χ3n) is 2.71. The van der Waals surface area contributed by atoms with Crippen LogP contribution in [0.1, 0.15) is 28.9 Å². The fourth-order valence-electron chi connectivity index (χ4n) is 1.70. The Kier molecular flexibility index (Phi) is 3.89. The number of carbonyl (C=O) groups excluding carboxylic acids is 1. The third kappa shape index (κ3) is 3.15. The Hall–Kier alpha value is -2.24. The van der Waals surface area contributed by atoms with Crippen LogP contribution < -0.4 is 0 Å². The van der Waals surface area contributed by atoms with E-state index >= 15 is 0 Å². The van der Waals surface area contributed by atoms with Gasteiger partial charge in [-0.05, 0) is 17.7 Å². The lowest BCUT2D eigenvalue weighted by molar-refractivity contribution is 0.0773. The molecule has 1 aromatic carbocycles. The quantitative estimate of drug-likeness (QED) is 0.913. The number of nitrogens with zero attached hydrogens (tertiary/aromatic N) is 3. The standard InChI is InChI=1S/C13H15FN4O/c1-3-11-15-12(17-16-11)13(19)18(2)8-9-5-4-6-10(14)7-9/h4-7H,3,8H2,1-2H3,(H,15,16,17). The molecule has 0 radical (unpaired) electrons. The number of aromatic nitrogens is 3. The van der Waals surface area contributed by atoms with Crippen molar-refractivity contribution in [3.8, 4) is 0 Å². The fraction of sp³-hybridized carbons (Fsp3) is 0.308. The van der Waals surface area contributed by atoms with Crippen LogP contribution in [0.5, 0.6) is 0 Å². The first kappa shape index (κ1) is 13.2. The number of H-pyrrole nitrogens is 1. The van der Waals surface area contributed by atoms with Crippen molar-refractivity contribution in [2.75, 3.05) is 7.05 Å². The summed E-state index contributed by atoms with van der Waals surface area (Å²) in [5.41, 5.74) is 0.724. The van der Waals surface area contributed by atoms with Gasteiger partial charge < -0.3 is 4.90 Å². The number of aryl methyl sites for hydroxylation is 1. The smallest absolute Gasteiger partial charge is 0.293 e. The molecule has 0 aliphatic carbocycles. The lowest BCUT2D eigenvalue weighted by Gasteiger charge is -2.15. The van der Waals surface area contributed by atoms with Gasteiger partial charge in [-0.1, -0.05) is 19.1 Å². The Morgan fingerprint density at radius 3 is 2.89 bits per heavy atom. The zero-order chi connectivity index (χ0) is 13.8. The molecule has 5 nitrogen and oxygen atoms in total. The van der Waals surface area contributed by atoms with Crippen molar-refractivity contribution in [1.82, 2.24) is 20.1 Å². The Morgan fingerprint density at radius 1 is 1.47 bits per heavy atom. The zero-order valence-electron chi connectivity index (χ0n) is 10.9. The van der Waals surface area contributed by atoms with Crippen molar-refractivity contribution < 1.29 is 9.18 Å². The van der Waals surface area contributed by atoms with Crippen LogP contribution >= 0.6 is 0 Å². The molecule has 0 saturated carbocycles. The molecule has 1 N–H and O–H groups in total. The molecule has 0 saturated heterocycles. The van der Waals surface area contributed by atoms with Crippen molar-refractivity contribution in [2.45, 2.75) is 19.9 Å². The van der Waals surface area contributed by atoms with E-state index in [9.17, 15) is 9.18 Å². The van der Waals surface area contributed by atoms with E-state index in [4.69, 9.17) is 0 Å². The first-order valence-electron chi connectivity index (χ1n) is 6.01. The summed E-state index contributed by atoms with van der Waals surface area (Å²) in [5.74, 6) is 0.197. The third-order valence-corrected chi connectivity index (χ3v) is 2.71. The maximum Gasteiger partial charge on any atom is 0.293 e. The van der Waals surface area contributed by atoms with Gasteiger partial charge in [0, 0.05) is 20.0 Å². The normalized spacial score (nSPS) is 10.5. The number of hydrogen-bond acceptors (Lipinski definition) is 3. The van der Waals surface area contributed by atoms with Crippen molar-refractivity contribution in [3.05, 3.63) is 47.3 Å². The first-order chi connectivity index (χ1) is 9.10. The number of benzene rings is 1. The van der Waals surface area contributed by atoms with Gasteiger partial charge in [0.2, 0.25) is 5.82 Å². The second kappa shape index (κ2) is 5.60. The highest BCUT2D eigenvalue weighted by Gasteiger charge is 2.17. The van der Waals surface area contributed by atoms with Crippen LogP contribution in [0.2, 0.25) is 0 Å². The summed E-state index contributed by atoms with van der Waals surface area (Å²) >= 11 is 0. The largest absolute Gasteiger partial charge is 0.335 e. The van der Waals surface area contributed by atoms with Crippen molar-refractivity contribution in [3.63, 3.8) is 0 Å². The summed E-state index contributed by atoms with van der Waals surface area (Å²) in [5, 5.41) is 6.56. The molecule has 0 spiro atoms. The zero-order valence-corrected chi connectivity index (χ0v) is 10.9. The summed E-state index contributed by atoms with van der Waals surface area (Å²) in [6, 6.07) is 6.15. The summed E-state index contributed by atoms with van der Waals surface area (Å²) in [4.78, 5) is 17.6. The summed E-state index contributed by atoms with van der Waals surface area (Å²) in [6.45, 7) is 2.23.